The number of fused-ring (bicyclic) bond motifs is 1. The third kappa shape index (κ3) is 2.80. The highest BCUT2D eigenvalue weighted by Crippen LogP contribution is 2.39. The zero-order valence-corrected chi connectivity index (χ0v) is 10.5. The molecular formula is C11H12O3S2. The van der Waals surface area contributed by atoms with Gasteiger partial charge in [0.15, 0.2) is 16.6 Å². The van der Waals surface area contributed by atoms with E-state index in [0.717, 1.165) is 16.4 Å². The van der Waals surface area contributed by atoms with Crippen molar-refractivity contribution < 1.29 is 14.3 Å². The zero-order valence-electron chi connectivity index (χ0n) is 8.89. The normalized spacial score (nSPS) is 14.3. The summed E-state index contributed by atoms with van der Waals surface area (Å²) in [5, 5.41) is 2.09. The molecule has 16 heavy (non-hydrogen) atoms. The maximum atomic E-state index is 10.7. The second-order valence-electron chi connectivity index (χ2n) is 3.20. The average Bonchev–Trinajstić information content (AvgIpc) is 2.68. The van der Waals surface area contributed by atoms with Gasteiger partial charge in [0.2, 0.25) is 0 Å². The number of carbonyl (C=O) groups is 1. The van der Waals surface area contributed by atoms with Crippen LogP contribution in [0.1, 0.15) is 11.8 Å². The number of thiophene rings is 1. The summed E-state index contributed by atoms with van der Waals surface area (Å²) in [6, 6.07) is 0. The highest BCUT2D eigenvalue weighted by molar-refractivity contribution is 8.13. The van der Waals surface area contributed by atoms with E-state index in [1.807, 2.05) is 17.5 Å². The van der Waals surface area contributed by atoms with Gasteiger partial charge in [-0.15, -0.1) is 11.3 Å². The molecule has 0 amide bonds. The van der Waals surface area contributed by atoms with Crippen molar-refractivity contribution in [1.82, 2.24) is 0 Å². The fourth-order valence-electron chi connectivity index (χ4n) is 1.32. The molecule has 0 aromatic carbocycles. The largest absolute Gasteiger partial charge is 0.485 e. The summed E-state index contributed by atoms with van der Waals surface area (Å²) in [6.07, 6.45) is 3.95. The van der Waals surface area contributed by atoms with Gasteiger partial charge in [0.05, 0.1) is 4.88 Å². The first kappa shape index (κ1) is 11.5. The van der Waals surface area contributed by atoms with Crippen LogP contribution in [0.4, 0.5) is 0 Å². The molecule has 0 atom stereocenters. The highest BCUT2D eigenvalue weighted by atomic mass is 32.2. The van der Waals surface area contributed by atoms with Gasteiger partial charge in [0.1, 0.15) is 13.2 Å². The van der Waals surface area contributed by atoms with Crippen LogP contribution in [0.5, 0.6) is 11.5 Å². The fourth-order valence-corrected chi connectivity index (χ4v) is 2.60. The lowest BCUT2D eigenvalue weighted by molar-refractivity contribution is -0.109. The first-order valence-corrected chi connectivity index (χ1v) is 6.81. The number of hydrogen-bond donors (Lipinski definition) is 0. The summed E-state index contributed by atoms with van der Waals surface area (Å²) in [5.74, 6) is 2.36. The van der Waals surface area contributed by atoms with Gasteiger partial charge in [0.25, 0.3) is 0 Å². The SMILES string of the molecule is CC(=O)SCC=Cc1scc2c1OCCO2. The quantitative estimate of drug-likeness (QED) is 0.833. The minimum absolute atomic E-state index is 0.137. The third-order valence-corrected chi connectivity index (χ3v) is 3.65. The number of hydrogen-bond acceptors (Lipinski definition) is 5. The van der Waals surface area contributed by atoms with Crippen LogP contribution in [0, 0.1) is 0 Å². The Labute approximate surface area is 102 Å². The first-order valence-electron chi connectivity index (χ1n) is 4.94. The van der Waals surface area contributed by atoms with Gasteiger partial charge in [-0.3, -0.25) is 4.79 Å². The summed E-state index contributed by atoms with van der Waals surface area (Å²) < 4.78 is 11.0. The van der Waals surface area contributed by atoms with E-state index in [4.69, 9.17) is 9.47 Å². The number of carbonyl (C=O) groups excluding carboxylic acids is 1. The Morgan fingerprint density at radius 3 is 3.19 bits per heavy atom. The summed E-state index contributed by atoms with van der Waals surface area (Å²) in [4.78, 5) is 11.8. The molecule has 1 aromatic rings. The molecule has 0 spiro atoms. The molecule has 86 valence electrons. The van der Waals surface area contributed by atoms with Crippen molar-refractivity contribution in [2.75, 3.05) is 19.0 Å². The Hall–Kier alpha value is -0.940. The zero-order chi connectivity index (χ0) is 11.4. The van der Waals surface area contributed by atoms with Crippen LogP contribution in [0.3, 0.4) is 0 Å². The lowest BCUT2D eigenvalue weighted by Crippen LogP contribution is -2.14. The van der Waals surface area contributed by atoms with Crippen LogP contribution in [0.2, 0.25) is 0 Å². The molecule has 0 fully saturated rings. The minimum Gasteiger partial charge on any atom is -0.485 e. The molecule has 1 aliphatic rings. The third-order valence-electron chi connectivity index (χ3n) is 1.98. The van der Waals surface area contributed by atoms with Crippen molar-refractivity contribution in [2.24, 2.45) is 0 Å². The maximum absolute atomic E-state index is 10.7. The van der Waals surface area contributed by atoms with Crippen LogP contribution in [0.15, 0.2) is 11.5 Å². The molecule has 2 rings (SSSR count). The van der Waals surface area contributed by atoms with Crippen molar-refractivity contribution >= 4 is 34.3 Å². The predicted octanol–water partition coefficient (Wildman–Crippen LogP) is 2.81. The molecule has 1 aromatic heterocycles. The molecular weight excluding hydrogens is 244 g/mol. The highest BCUT2D eigenvalue weighted by Gasteiger charge is 2.16. The lowest BCUT2D eigenvalue weighted by atomic mass is 10.3. The Morgan fingerprint density at radius 2 is 2.38 bits per heavy atom. The van der Waals surface area contributed by atoms with E-state index < -0.39 is 0 Å². The second-order valence-corrected chi connectivity index (χ2v) is 5.30. The standard InChI is InChI=1S/C11H12O3S2/c1-8(12)15-6-2-3-10-11-9(7-16-10)13-4-5-14-11/h2-3,7H,4-6H2,1H3. The van der Waals surface area contributed by atoms with E-state index in [2.05, 4.69) is 0 Å². The molecule has 1 aliphatic heterocycles. The van der Waals surface area contributed by atoms with E-state index in [-0.39, 0.29) is 5.12 Å². The van der Waals surface area contributed by atoms with E-state index in [9.17, 15) is 4.79 Å². The Kier molecular flexibility index (Phi) is 3.90. The first-order chi connectivity index (χ1) is 7.77. The Bertz CT molecular complexity index is 409. The Balaban J connectivity index is 1.99. The number of rotatable bonds is 3. The van der Waals surface area contributed by atoms with Crippen LogP contribution >= 0.6 is 23.1 Å². The van der Waals surface area contributed by atoms with Crippen molar-refractivity contribution in [1.29, 1.82) is 0 Å². The average molecular weight is 256 g/mol. The molecule has 0 saturated carbocycles. The van der Waals surface area contributed by atoms with Gasteiger partial charge >= 0.3 is 0 Å². The number of ether oxygens (including phenoxy) is 2. The van der Waals surface area contributed by atoms with E-state index in [1.165, 1.54) is 11.8 Å². The molecule has 0 aliphatic carbocycles. The topological polar surface area (TPSA) is 35.5 Å². The molecule has 0 radical (unpaired) electrons. The summed E-state index contributed by atoms with van der Waals surface area (Å²) in [5.41, 5.74) is 0. The maximum Gasteiger partial charge on any atom is 0.186 e. The van der Waals surface area contributed by atoms with Crippen LogP contribution in [0.25, 0.3) is 6.08 Å². The van der Waals surface area contributed by atoms with Crippen LogP contribution < -0.4 is 9.47 Å². The Morgan fingerprint density at radius 1 is 1.56 bits per heavy atom. The molecule has 5 heteroatoms. The van der Waals surface area contributed by atoms with Crippen molar-refractivity contribution in [3.63, 3.8) is 0 Å². The molecule has 0 bridgehead atoms. The van der Waals surface area contributed by atoms with E-state index in [1.54, 1.807) is 18.3 Å². The molecule has 0 saturated heterocycles. The van der Waals surface area contributed by atoms with Crippen LogP contribution in [-0.4, -0.2) is 24.1 Å². The second kappa shape index (κ2) is 5.41. The molecule has 0 unspecified atom stereocenters. The monoisotopic (exact) mass is 256 g/mol. The van der Waals surface area contributed by atoms with Crippen molar-refractivity contribution in [2.45, 2.75) is 6.92 Å². The fraction of sp³-hybridized carbons (Fsp3) is 0.364. The predicted molar refractivity (Wildman–Crippen MR) is 67.5 cm³/mol. The van der Waals surface area contributed by atoms with Gasteiger partial charge in [-0.2, -0.15) is 0 Å². The van der Waals surface area contributed by atoms with Gasteiger partial charge in [-0.1, -0.05) is 17.8 Å². The van der Waals surface area contributed by atoms with Crippen LogP contribution in [-0.2, 0) is 4.79 Å². The summed E-state index contributed by atoms with van der Waals surface area (Å²) in [7, 11) is 0. The summed E-state index contributed by atoms with van der Waals surface area (Å²) >= 11 is 2.89. The van der Waals surface area contributed by atoms with Gasteiger partial charge in [0, 0.05) is 18.1 Å². The smallest absolute Gasteiger partial charge is 0.186 e. The summed E-state index contributed by atoms with van der Waals surface area (Å²) in [6.45, 7) is 2.79. The molecule has 0 N–H and O–H groups in total. The molecule has 2 heterocycles. The van der Waals surface area contributed by atoms with Gasteiger partial charge < -0.3 is 9.47 Å². The van der Waals surface area contributed by atoms with Crippen molar-refractivity contribution in [3.8, 4) is 11.5 Å². The van der Waals surface area contributed by atoms with Gasteiger partial charge in [-0.05, 0) is 6.08 Å². The minimum atomic E-state index is 0.137. The van der Waals surface area contributed by atoms with Crippen molar-refractivity contribution in [3.05, 3.63) is 16.3 Å². The lowest BCUT2D eigenvalue weighted by Gasteiger charge is -2.15. The number of thioether (sulfide) groups is 1. The van der Waals surface area contributed by atoms with Gasteiger partial charge in [-0.25, -0.2) is 0 Å². The van der Waals surface area contributed by atoms with E-state index in [0.29, 0.717) is 19.0 Å². The van der Waals surface area contributed by atoms with E-state index >= 15 is 0 Å². The molecule has 3 nitrogen and oxygen atoms in total.